The molecule has 2 aromatic rings. The number of methoxy groups -OCH3 is 2. The van der Waals surface area contributed by atoms with E-state index < -0.39 is 16.1 Å². The second-order valence-corrected chi connectivity index (χ2v) is 7.79. The molecule has 9 nitrogen and oxygen atoms in total. The number of nitrogens with one attached hydrogen (secondary N) is 1. The molecule has 1 N–H and O–H groups in total. The number of aryl methyl sites for hydroxylation is 1. The van der Waals surface area contributed by atoms with E-state index in [9.17, 15) is 13.2 Å². The van der Waals surface area contributed by atoms with E-state index in [-0.39, 0.29) is 11.4 Å². The van der Waals surface area contributed by atoms with Gasteiger partial charge in [0.1, 0.15) is 5.70 Å². The van der Waals surface area contributed by atoms with Gasteiger partial charge >= 0.3 is 10.2 Å². The molecule has 29 heavy (non-hydrogen) atoms. The molecule has 0 spiro atoms. The highest BCUT2D eigenvalue weighted by Gasteiger charge is 2.30. The van der Waals surface area contributed by atoms with E-state index in [4.69, 9.17) is 9.47 Å². The molecule has 0 bridgehead atoms. The Morgan fingerprint density at radius 2 is 1.83 bits per heavy atom. The maximum Gasteiger partial charge on any atom is 0.345 e. The van der Waals surface area contributed by atoms with Gasteiger partial charge in [0, 0.05) is 30.2 Å². The smallest absolute Gasteiger partial charge is 0.345 e. The zero-order valence-corrected chi connectivity index (χ0v) is 17.1. The molecule has 1 aromatic heterocycles. The summed E-state index contributed by atoms with van der Waals surface area (Å²) in [6.45, 7) is 1.79. The number of anilines is 1. The first-order valence-corrected chi connectivity index (χ1v) is 9.92. The van der Waals surface area contributed by atoms with Gasteiger partial charge in [0.15, 0.2) is 11.5 Å². The van der Waals surface area contributed by atoms with Gasteiger partial charge in [0.25, 0.3) is 5.91 Å². The second-order valence-electron chi connectivity index (χ2n) is 6.16. The van der Waals surface area contributed by atoms with Crippen molar-refractivity contribution < 1.29 is 22.7 Å². The minimum atomic E-state index is -4.08. The Hall–Kier alpha value is -3.40. The van der Waals surface area contributed by atoms with Gasteiger partial charge in [-0.15, -0.1) is 4.40 Å². The van der Waals surface area contributed by atoms with E-state index in [1.165, 1.54) is 27.3 Å². The van der Waals surface area contributed by atoms with Crippen LogP contribution in [0.3, 0.4) is 0 Å². The van der Waals surface area contributed by atoms with E-state index in [0.29, 0.717) is 28.4 Å². The number of hydrogen-bond donors (Lipinski definition) is 1. The van der Waals surface area contributed by atoms with Crippen LogP contribution in [0.1, 0.15) is 11.3 Å². The van der Waals surface area contributed by atoms with Gasteiger partial charge in [-0.25, -0.2) is 4.31 Å². The molecule has 0 aliphatic carbocycles. The van der Waals surface area contributed by atoms with Crippen molar-refractivity contribution in [1.82, 2.24) is 9.29 Å². The van der Waals surface area contributed by atoms with Crippen LogP contribution in [0.2, 0.25) is 0 Å². The monoisotopic (exact) mass is 416 g/mol. The van der Waals surface area contributed by atoms with Crippen LogP contribution >= 0.6 is 0 Å². The molecule has 10 heteroatoms. The predicted molar refractivity (Wildman–Crippen MR) is 108 cm³/mol. The first-order chi connectivity index (χ1) is 13.7. The highest BCUT2D eigenvalue weighted by molar-refractivity contribution is 7.88. The van der Waals surface area contributed by atoms with E-state index in [0.717, 1.165) is 4.31 Å². The molecule has 0 saturated heterocycles. The van der Waals surface area contributed by atoms with Gasteiger partial charge < -0.3 is 14.8 Å². The summed E-state index contributed by atoms with van der Waals surface area (Å²) in [5.74, 6) is 0.313. The van der Waals surface area contributed by atoms with E-state index in [1.54, 1.807) is 43.5 Å². The van der Waals surface area contributed by atoms with Crippen LogP contribution in [0.25, 0.3) is 0 Å². The van der Waals surface area contributed by atoms with E-state index >= 15 is 0 Å². The van der Waals surface area contributed by atoms with Crippen LogP contribution in [0, 0.1) is 6.92 Å². The lowest BCUT2D eigenvalue weighted by atomic mass is 10.1. The Balaban J connectivity index is 2.00. The van der Waals surface area contributed by atoms with Crippen molar-refractivity contribution in [3.05, 3.63) is 59.6 Å². The number of hydrogen-bond acceptors (Lipinski definition) is 6. The van der Waals surface area contributed by atoms with E-state index in [2.05, 4.69) is 14.7 Å². The summed E-state index contributed by atoms with van der Waals surface area (Å²) in [6, 6.07) is 8.16. The SMILES string of the molecule is COc1ccc(C2=NS(=O)(=O)N(C)C(C(=O)Nc3ccnc(C)c3)=C2)cc1OC. The van der Waals surface area contributed by atoms with Gasteiger partial charge in [0.2, 0.25) is 0 Å². The Morgan fingerprint density at radius 1 is 1.10 bits per heavy atom. The number of aromatic nitrogens is 1. The van der Waals surface area contributed by atoms with Crippen LogP contribution in [0.4, 0.5) is 5.69 Å². The first kappa shape index (κ1) is 20.3. The lowest BCUT2D eigenvalue weighted by Gasteiger charge is -2.23. The minimum absolute atomic E-state index is 0.0701. The van der Waals surface area contributed by atoms with Gasteiger partial charge in [-0.05, 0) is 43.3 Å². The quantitative estimate of drug-likeness (QED) is 0.797. The largest absolute Gasteiger partial charge is 0.493 e. The summed E-state index contributed by atoms with van der Waals surface area (Å²) in [7, 11) is 0.161. The molecule has 1 amide bonds. The van der Waals surface area contributed by atoms with Gasteiger partial charge in [-0.3, -0.25) is 9.78 Å². The Bertz CT molecular complexity index is 1130. The number of carbonyl (C=O) groups is 1. The zero-order chi connectivity index (χ0) is 21.2. The Labute approximate surface area is 168 Å². The van der Waals surface area contributed by atoms with Crippen molar-refractivity contribution in [2.45, 2.75) is 6.92 Å². The molecule has 3 rings (SSSR count). The summed E-state index contributed by atoms with van der Waals surface area (Å²) in [4.78, 5) is 16.8. The van der Waals surface area contributed by atoms with Crippen molar-refractivity contribution >= 4 is 27.5 Å². The van der Waals surface area contributed by atoms with Crippen molar-refractivity contribution in [1.29, 1.82) is 0 Å². The number of nitrogens with zero attached hydrogens (tertiary/aromatic N) is 3. The van der Waals surface area contributed by atoms with E-state index in [1.807, 2.05) is 0 Å². The maximum absolute atomic E-state index is 12.8. The molecular formula is C19H20N4O5S. The molecule has 1 aliphatic heterocycles. The van der Waals surface area contributed by atoms with Crippen LogP contribution < -0.4 is 14.8 Å². The Kier molecular flexibility index (Phi) is 5.55. The number of allylic oxidation sites excluding steroid dienone is 1. The fourth-order valence-corrected chi connectivity index (χ4v) is 3.63. The summed E-state index contributed by atoms with van der Waals surface area (Å²) in [5.41, 5.74) is 1.72. The van der Waals surface area contributed by atoms with Gasteiger partial charge in [0.05, 0.1) is 19.9 Å². The molecule has 1 aliphatic rings. The average Bonchev–Trinajstić information content (AvgIpc) is 2.69. The second kappa shape index (κ2) is 7.92. The highest BCUT2D eigenvalue weighted by Crippen LogP contribution is 2.29. The standard InChI is InChI=1S/C19H20N4O5S/c1-12-9-14(7-8-20-12)21-19(24)16-11-15(22-29(25,26)23(16)2)13-5-6-17(27-3)18(10-13)28-4/h5-11H,1-4H3,(H,20,21,24). The number of ether oxygens (including phenoxy) is 2. The number of carbonyl (C=O) groups excluding carboxylic acids is 1. The fraction of sp³-hybridized carbons (Fsp3) is 0.211. The van der Waals surface area contributed by atoms with Crippen LogP contribution in [-0.4, -0.2) is 50.6 Å². The van der Waals surface area contributed by atoms with Crippen molar-refractivity contribution in [2.24, 2.45) is 4.40 Å². The number of amides is 1. The third-order valence-electron chi connectivity index (χ3n) is 4.24. The molecule has 0 atom stereocenters. The summed E-state index contributed by atoms with van der Waals surface area (Å²) in [5, 5.41) is 2.68. The van der Waals surface area contributed by atoms with Crippen LogP contribution in [0.5, 0.6) is 11.5 Å². The third kappa shape index (κ3) is 4.21. The highest BCUT2D eigenvalue weighted by atomic mass is 32.2. The topological polar surface area (TPSA) is 110 Å². The predicted octanol–water partition coefficient (Wildman–Crippen LogP) is 1.91. The molecule has 0 radical (unpaired) electrons. The van der Waals surface area contributed by atoms with Gasteiger partial charge in [-0.1, -0.05) is 0 Å². The lowest BCUT2D eigenvalue weighted by Crippen LogP contribution is -2.35. The molecule has 1 aromatic carbocycles. The third-order valence-corrected chi connectivity index (χ3v) is 5.56. The zero-order valence-electron chi connectivity index (χ0n) is 16.3. The number of pyridine rings is 1. The van der Waals surface area contributed by atoms with Crippen molar-refractivity contribution in [2.75, 3.05) is 26.6 Å². The number of benzene rings is 1. The number of rotatable bonds is 5. The fourth-order valence-electron chi connectivity index (χ4n) is 2.72. The maximum atomic E-state index is 12.8. The summed E-state index contributed by atoms with van der Waals surface area (Å²) in [6.07, 6.45) is 2.96. The number of likely N-dealkylation sites (N-methyl/N-ethyl adjacent to an activating group) is 1. The molecule has 0 fully saturated rings. The van der Waals surface area contributed by atoms with Crippen LogP contribution in [0.15, 0.2) is 52.7 Å². The summed E-state index contributed by atoms with van der Waals surface area (Å²) < 4.78 is 40.1. The minimum Gasteiger partial charge on any atom is -0.493 e. The lowest BCUT2D eigenvalue weighted by molar-refractivity contribution is -0.113. The molecule has 2 heterocycles. The van der Waals surface area contributed by atoms with Crippen LogP contribution in [-0.2, 0) is 15.0 Å². The molecular weight excluding hydrogens is 396 g/mol. The van der Waals surface area contributed by atoms with Gasteiger partial charge in [-0.2, -0.15) is 8.42 Å². The van der Waals surface area contributed by atoms with Crippen molar-refractivity contribution in [3.8, 4) is 11.5 Å². The average molecular weight is 416 g/mol. The first-order valence-electron chi connectivity index (χ1n) is 8.52. The normalized spacial score (nSPS) is 15.2. The Morgan fingerprint density at radius 3 is 2.48 bits per heavy atom. The van der Waals surface area contributed by atoms with Crippen molar-refractivity contribution in [3.63, 3.8) is 0 Å². The molecule has 0 saturated carbocycles. The summed E-state index contributed by atoms with van der Waals surface area (Å²) >= 11 is 0. The molecule has 0 unspecified atom stereocenters. The molecule has 152 valence electrons.